The van der Waals surface area contributed by atoms with Crippen molar-refractivity contribution < 1.29 is 4.40 Å². The Balaban J connectivity index is 1.79. The first-order chi connectivity index (χ1) is 14.3. The number of halogens is 1. The monoisotopic (exact) mass is 394 g/mol. The molecule has 6 rings (SSSR count). The zero-order chi connectivity index (χ0) is 19.4. The van der Waals surface area contributed by atoms with Crippen LogP contribution < -0.4 is 4.40 Å². The SMILES string of the molecule is Clc1ccc(-n2c[n+]3ccc4c5ccccc5[nH]c4c3c2-c2ccccc2)cc1. The van der Waals surface area contributed by atoms with E-state index in [-0.39, 0.29) is 0 Å². The molecule has 3 heterocycles. The van der Waals surface area contributed by atoms with Crippen molar-refractivity contribution in [2.45, 2.75) is 0 Å². The van der Waals surface area contributed by atoms with Crippen LogP contribution in [0.1, 0.15) is 0 Å². The minimum absolute atomic E-state index is 0.734. The molecule has 3 aromatic heterocycles. The van der Waals surface area contributed by atoms with Crippen LogP contribution in [-0.4, -0.2) is 9.55 Å². The van der Waals surface area contributed by atoms with Crippen molar-refractivity contribution in [3.8, 4) is 16.9 Å². The predicted octanol–water partition coefficient (Wildman–Crippen LogP) is 6.17. The number of rotatable bonds is 2. The van der Waals surface area contributed by atoms with E-state index < -0.39 is 0 Å². The highest BCUT2D eigenvalue weighted by Crippen LogP contribution is 2.33. The summed E-state index contributed by atoms with van der Waals surface area (Å²) in [6.45, 7) is 0. The lowest BCUT2D eigenvalue weighted by Gasteiger charge is -2.03. The van der Waals surface area contributed by atoms with Crippen molar-refractivity contribution in [3.05, 3.63) is 102 Å². The summed E-state index contributed by atoms with van der Waals surface area (Å²) >= 11 is 6.14. The van der Waals surface area contributed by atoms with Gasteiger partial charge in [-0.3, -0.25) is 0 Å². The third-order valence-electron chi connectivity index (χ3n) is 5.50. The van der Waals surface area contributed by atoms with Gasteiger partial charge in [0.1, 0.15) is 5.69 Å². The number of aromatic amines is 1. The van der Waals surface area contributed by atoms with Gasteiger partial charge in [0, 0.05) is 26.9 Å². The zero-order valence-electron chi connectivity index (χ0n) is 15.5. The molecule has 29 heavy (non-hydrogen) atoms. The van der Waals surface area contributed by atoms with Gasteiger partial charge in [-0.1, -0.05) is 60.1 Å². The lowest BCUT2D eigenvalue weighted by molar-refractivity contribution is -0.510. The first-order valence-electron chi connectivity index (χ1n) is 9.57. The molecule has 0 saturated carbocycles. The number of fused-ring (bicyclic) bond motifs is 5. The molecule has 6 aromatic rings. The molecule has 0 bridgehead atoms. The number of benzene rings is 3. The lowest BCUT2D eigenvalue weighted by Crippen LogP contribution is -2.17. The van der Waals surface area contributed by atoms with Crippen LogP contribution in [0.3, 0.4) is 0 Å². The van der Waals surface area contributed by atoms with Crippen LogP contribution in [0.2, 0.25) is 5.02 Å². The Labute approximate surface area is 172 Å². The third kappa shape index (κ3) is 2.48. The maximum atomic E-state index is 6.14. The molecule has 0 aliphatic carbocycles. The molecule has 3 nitrogen and oxygen atoms in total. The number of pyridine rings is 1. The van der Waals surface area contributed by atoms with Crippen molar-refractivity contribution in [1.82, 2.24) is 9.55 Å². The summed E-state index contributed by atoms with van der Waals surface area (Å²) in [5.41, 5.74) is 6.82. The highest BCUT2D eigenvalue weighted by molar-refractivity contribution is 6.30. The fourth-order valence-corrected chi connectivity index (χ4v) is 4.31. The van der Waals surface area contributed by atoms with Gasteiger partial charge >= 0.3 is 0 Å². The fraction of sp³-hybridized carbons (Fsp3) is 0. The van der Waals surface area contributed by atoms with Gasteiger partial charge in [-0.25, -0.2) is 0 Å². The van der Waals surface area contributed by atoms with Crippen LogP contribution in [0.15, 0.2) is 97.5 Å². The Kier molecular flexibility index (Phi) is 3.52. The van der Waals surface area contributed by atoms with Gasteiger partial charge in [0.25, 0.3) is 6.33 Å². The second-order valence-corrected chi connectivity index (χ2v) is 7.64. The van der Waals surface area contributed by atoms with Gasteiger partial charge in [0.05, 0.1) is 11.7 Å². The molecule has 138 valence electrons. The molecule has 0 amide bonds. The normalized spacial score (nSPS) is 11.6. The van der Waals surface area contributed by atoms with Gasteiger partial charge in [0.15, 0.2) is 5.69 Å². The van der Waals surface area contributed by atoms with Crippen molar-refractivity contribution >= 4 is 38.9 Å². The fourth-order valence-electron chi connectivity index (χ4n) is 4.18. The predicted molar refractivity (Wildman–Crippen MR) is 119 cm³/mol. The van der Waals surface area contributed by atoms with E-state index in [1.165, 1.54) is 10.8 Å². The van der Waals surface area contributed by atoms with Crippen LogP contribution in [0.25, 0.3) is 44.3 Å². The van der Waals surface area contributed by atoms with E-state index in [1.54, 1.807) is 0 Å². The molecule has 0 aliphatic rings. The Hall–Kier alpha value is -3.56. The summed E-state index contributed by atoms with van der Waals surface area (Å²) in [4.78, 5) is 3.65. The Morgan fingerprint density at radius 3 is 2.34 bits per heavy atom. The first kappa shape index (κ1) is 16.4. The second-order valence-electron chi connectivity index (χ2n) is 7.21. The minimum Gasteiger partial charge on any atom is -0.351 e. The van der Waals surface area contributed by atoms with Crippen LogP contribution in [0, 0.1) is 0 Å². The molecule has 0 saturated heterocycles. The van der Waals surface area contributed by atoms with E-state index in [2.05, 4.69) is 93.2 Å². The number of H-pyrrole nitrogens is 1. The van der Waals surface area contributed by atoms with Gasteiger partial charge in [0.2, 0.25) is 5.52 Å². The van der Waals surface area contributed by atoms with Crippen LogP contribution in [0.5, 0.6) is 0 Å². The molecule has 3 aromatic carbocycles. The van der Waals surface area contributed by atoms with Crippen molar-refractivity contribution in [3.63, 3.8) is 0 Å². The van der Waals surface area contributed by atoms with E-state index in [0.29, 0.717) is 0 Å². The Bertz CT molecular complexity index is 1490. The molecule has 0 spiro atoms. The zero-order valence-corrected chi connectivity index (χ0v) is 16.3. The maximum Gasteiger partial charge on any atom is 0.254 e. The summed E-state index contributed by atoms with van der Waals surface area (Å²) in [5.74, 6) is 0. The highest BCUT2D eigenvalue weighted by Gasteiger charge is 2.24. The minimum atomic E-state index is 0.734. The largest absolute Gasteiger partial charge is 0.351 e. The molecular formula is C25H17ClN3+. The maximum absolute atomic E-state index is 6.14. The summed E-state index contributed by atoms with van der Waals surface area (Å²) in [6.07, 6.45) is 4.27. The number of nitrogens with one attached hydrogen (secondary N) is 1. The van der Waals surface area contributed by atoms with E-state index in [1.807, 2.05) is 18.2 Å². The van der Waals surface area contributed by atoms with Gasteiger partial charge in [-0.15, -0.1) is 0 Å². The number of para-hydroxylation sites is 1. The number of nitrogens with zero attached hydrogens (tertiary/aromatic N) is 2. The number of imidazole rings is 1. The molecule has 0 aliphatic heterocycles. The summed E-state index contributed by atoms with van der Waals surface area (Å²) < 4.78 is 4.42. The van der Waals surface area contributed by atoms with Crippen molar-refractivity contribution in [1.29, 1.82) is 0 Å². The second kappa shape index (κ2) is 6.23. The number of hydrogen-bond acceptors (Lipinski definition) is 0. The van der Waals surface area contributed by atoms with Crippen molar-refractivity contribution in [2.24, 2.45) is 0 Å². The molecule has 0 fully saturated rings. The van der Waals surface area contributed by atoms with E-state index in [4.69, 9.17) is 11.6 Å². The molecule has 1 N–H and O–H groups in total. The molecule has 4 heteroatoms. The topological polar surface area (TPSA) is 24.8 Å². The van der Waals surface area contributed by atoms with Gasteiger partial charge in [-0.2, -0.15) is 8.97 Å². The molecule has 0 unspecified atom stereocenters. The van der Waals surface area contributed by atoms with Crippen LogP contribution in [-0.2, 0) is 0 Å². The van der Waals surface area contributed by atoms with Crippen LogP contribution in [0.4, 0.5) is 0 Å². The average molecular weight is 395 g/mol. The average Bonchev–Trinajstić information content (AvgIpc) is 3.33. The lowest BCUT2D eigenvalue weighted by atomic mass is 10.1. The number of aromatic nitrogens is 3. The summed E-state index contributed by atoms with van der Waals surface area (Å²) in [6, 6.07) is 29.1. The van der Waals surface area contributed by atoms with Crippen LogP contribution >= 0.6 is 11.6 Å². The summed E-state index contributed by atoms with van der Waals surface area (Å²) in [5, 5.41) is 3.20. The first-order valence-corrected chi connectivity index (χ1v) is 9.94. The van der Waals surface area contributed by atoms with E-state index >= 15 is 0 Å². The number of hydrogen-bond donors (Lipinski definition) is 1. The Morgan fingerprint density at radius 2 is 1.52 bits per heavy atom. The molecular weight excluding hydrogens is 378 g/mol. The van der Waals surface area contributed by atoms with Crippen molar-refractivity contribution in [2.75, 3.05) is 0 Å². The standard InChI is InChI=1S/C25H17ClN3/c26-18-10-12-19(13-11-18)29-16-28-15-14-21-20-8-4-5-9-22(20)27-23(21)25(28)24(29)17-6-2-1-3-7-17/h1-16,27H/q+1. The molecule has 0 atom stereocenters. The van der Waals surface area contributed by atoms with E-state index in [0.717, 1.165) is 38.5 Å². The Morgan fingerprint density at radius 1 is 0.759 bits per heavy atom. The van der Waals surface area contributed by atoms with E-state index in [9.17, 15) is 0 Å². The smallest absolute Gasteiger partial charge is 0.254 e. The van der Waals surface area contributed by atoms with Gasteiger partial charge < -0.3 is 4.98 Å². The van der Waals surface area contributed by atoms with Gasteiger partial charge in [-0.05, 0) is 36.4 Å². The third-order valence-corrected chi connectivity index (χ3v) is 5.75. The quantitative estimate of drug-likeness (QED) is 0.340. The molecule has 0 radical (unpaired) electrons. The summed E-state index contributed by atoms with van der Waals surface area (Å²) in [7, 11) is 0. The highest BCUT2D eigenvalue weighted by atomic mass is 35.5.